The molecule has 0 spiro atoms. The maximum Gasteiger partial charge on any atom is 0.233 e. The Balaban J connectivity index is 1.43. The second-order valence-electron chi connectivity index (χ2n) is 5.85. The molecule has 1 N–H and O–H groups in total. The van der Waals surface area contributed by atoms with Crippen molar-refractivity contribution in [3.05, 3.63) is 22.7 Å². The SMILES string of the molecule is CNC(=O)CN1CCN(C(=O)CCc2nc(-c3ccsc3)no2)CC1. The third kappa shape index (κ3) is 4.64. The summed E-state index contributed by atoms with van der Waals surface area (Å²) in [5.74, 6) is 1.12. The van der Waals surface area contributed by atoms with Crippen LogP contribution >= 0.6 is 11.3 Å². The van der Waals surface area contributed by atoms with Crippen molar-refractivity contribution in [3.8, 4) is 11.4 Å². The van der Waals surface area contributed by atoms with Crippen LogP contribution in [0.3, 0.4) is 0 Å². The van der Waals surface area contributed by atoms with Crippen molar-refractivity contribution < 1.29 is 14.1 Å². The highest BCUT2D eigenvalue weighted by Crippen LogP contribution is 2.19. The number of hydrogen-bond acceptors (Lipinski definition) is 7. The molecule has 25 heavy (non-hydrogen) atoms. The molecule has 3 heterocycles. The first-order chi connectivity index (χ1) is 12.2. The van der Waals surface area contributed by atoms with E-state index in [1.807, 2.05) is 26.6 Å². The number of carbonyl (C=O) groups excluding carboxylic acids is 2. The maximum absolute atomic E-state index is 12.3. The zero-order valence-corrected chi connectivity index (χ0v) is 14.9. The third-order valence-electron chi connectivity index (χ3n) is 4.17. The zero-order chi connectivity index (χ0) is 17.6. The first-order valence-corrected chi connectivity index (χ1v) is 9.16. The molecule has 1 saturated heterocycles. The molecule has 0 aliphatic carbocycles. The van der Waals surface area contributed by atoms with Crippen molar-refractivity contribution in [1.29, 1.82) is 0 Å². The lowest BCUT2D eigenvalue weighted by Gasteiger charge is -2.34. The molecule has 1 aliphatic heterocycles. The molecule has 1 aliphatic rings. The molecule has 0 radical (unpaired) electrons. The Morgan fingerprint density at radius 2 is 2.12 bits per heavy atom. The van der Waals surface area contributed by atoms with Gasteiger partial charge in [0.2, 0.25) is 23.5 Å². The van der Waals surface area contributed by atoms with Gasteiger partial charge in [-0.05, 0) is 11.4 Å². The minimum absolute atomic E-state index is 0.00223. The van der Waals surface area contributed by atoms with Crippen LogP contribution in [-0.4, -0.2) is 71.5 Å². The number of rotatable bonds is 6. The molecule has 0 aromatic carbocycles. The summed E-state index contributed by atoms with van der Waals surface area (Å²) in [6.07, 6.45) is 0.787. The van der Waals surface area contributed by atoms with Gasteiger partial charge in [-0.1, -0.05) is 5.16 Å². The van der Waals surface area contributed by atoms with E-state index < -0.39 is 0 Å². The summed E-state index contributed by atoms with van der Waals surface area (Å²) >= 11 is 1.57. The summed E-state index contributed by atoms with van der Waals surface area (Å²) in [4.78, 5) is 31.9. The fourth-order valence-corrected chi connectivity index (χ4v) is 3.31. The van der Waals surface area contributed by atoms with Gasteiger partial charge in [0.05, 0.1) is 6.54 Å². The van der Waals surface area contributed by atoms with Crippen LogP contribution in [0.2, 0.25) is 0 Å². The molecule has 0 bridgehead atoms. The van der Waals surface area contributed by atoms with Crippen molar-refractivity contribution in [1.82, 2.24) is 25.3 Å². The van der Waals surface area contributed by atoms with E-state index in [-0.39, 0.29) is 11.8 Å². The van der Waals surface area contributed by atoms with Crippen molar-refractivity contribution in [3.63, 3.8) is 0 Å². The second-order valence-corrected chi connectivity index (χ2v) is 6.63. The molecule has 8 nitrogen and oxygen atoms in total. The summed E-state index contributed by atoms with van der Waals surface area (Å²) in [5.41, 5.74) is 0.929. The number of amides is 2. The zero-order valence-electron chi connectivity index (χ0n) is 14.1. The van der Waals surface area contributed by atoms with E-state index in [1.165, 1.54) is 0 Å². The summed E-state index contributed by atoms with van der Waals surface area (Å²) in [6.45, 7) is 3.08. The van der Waals surface area contributed by atoms with Gasteiger partial charge < -0.3 is 14.7 Å². The lowest BCUT2D eigenvalue weighted by molar-refractivity contribution is -0.133. The number of aryl methyl sites for hydroxylation is 1. The Labute approximate surface area is 149 Å². The van der Waals surface area contributed by atoms with Gasteiger partial charge in [0.25, 0.3) is 0 Å². The predicted molar refractivity (Wildman–Crippen MR) is 93.0 cm³/mol. The number of piperazine rings is 1. The molecule has 2 amide bonds. The molecule has 2 aromatic rings. The van der Waals surface area contributed by atoms with E-state index >= 15 is 0 Å². The fraction of sp³-hybridized carbons (Fsp3) is 0.500. The first kappa shape index (κ1) is 17.6. The van der Waals surface area contributed by atoms with Crippen molar-refractivity contribution in [2.24, 2.45) is 0 Å². The summed E-state index contributed by atoms with van der Waals surface area (Å²) in [6, 6.07) is 1.93. The lowest BCUT2D eigenvalue weighted by Crippen LogP contribution is -2.50. The molecule has 0 unspecified atom stereocenters. The van der Waals surface area contributed by atoms with Crippen molar-refractivity contribution in [2.45, 2.75) is 12.8 Å². The summed E-state index contributed by atoms with van der Waals surface area (Å²) < 4.78 is 5.22. The van der Waals surface area contributed by atoms with E-state index in [1.54, 1.807) is 18.4 Å². The monoisotopic (exact) mass is 363 g/mol. The molecule has 2 aromatic heterocycles. The van der Waals surface area contributed by atoms with Gasteiger partial charge in [-0.25, -0.2) is 0 Å². The molecular weight excluding hydrogens is 342 g/mol. The van der Waals surface area contributed by atoms with E-state index in [0.29, 0.717) is 57.3 Å². The van der Waals surface area contributed by atoms with Crippen LogP contribution in [0.4, 0.5) is 0 Å². The highest BCUT2D eigenvalue weighted by atomic mass is 32.1. The van der Waals surface area contributed by atoms with Crippen LogP contribution in [-0.2, 0) is 16.0 Å². The topological polar surface area (TPSA) is 91.6 Å². The molecule has 0 saturated carbocycles. The van der Waals surface area contributed by atoms with E-state index in [4.69, 9.17) is 4.52 Å². The van der Waals surface area contributed by atoms with Crippen LogP contribution < -0.4 is 5.32 Å². The minimum Gasteiger partial charge on any atom is -0.358 e. The van der Waals surface area contributed by atoms with Crippen LogP contribution in [0.25, 0.3) is 11.4 Å². The van der Waals surface area contributed by atoms with Crippen LogP contribution in [0.1, 0.15) is 12.3 Å². The van der Waals surface area contributed by atoms with Crippen LogP contribution in [0.5, 0.6) is 0 Å². The normalized spacial score (nSPS) is 15.3. The highest BCUT2D eigenvalue weighted by Gasteiger charge is 2.22. The third-order valence-corrected chi connectivity index (χ3v) is 4.85. The number of likely N-dealkylation sites (N-methyl/N-ethyl adjacent to an activating group) is 1. The Kier molecular flexibility index (Phi) is 5.77. The summed E-state index contributed by atoms with van der Waals surface area (Å²) in [5, 5.41) is 10.5. The van der Waals surface area contributed by atoms with Crippen LogP contribution in [0, 0.1) is 0 Å². The molecule has 1 fully saturated rings. The number of hydrogen-bond donors (Lipinski definition) is 1. The summed E-state index contributed by atoms with van der Waals surface area (Å²) in [7, 11) is 1.63. The molecule has 9 heteroatoms. The van der Waals surface area contributed by atoms with Gasteiger partial charge in [0.15, 0.2) is 0 Å². The smallest absolute Gasteiger partial charge is 0.233 e. The van der Waals surface area contributed by atoms with Gasteiger partial charge in [-0.2, -0.15) is 16.3 Å². The molecule has 3 rings (SSSR count). The number of nitrogens with zero attached hydrogens (tertiary/aromatic N) is 4. The standard InChI is InChI=1S/C16H21N5O3S/c1-17-13(22)10-20-5-7-21(8-6-20)15(23)3-2-14-18-16(19-24-14)12-4-9-25-11-12/h4,9,11H,2-3,5-8,10H2,1H3,(H,17,22). The molecule has 134 valence electrons. The average molecular weight is 363 g/mol. The number of aromatic nitrogens is 2. The van der Waals surface area contributed by atoms with E-state index in [9.17, 15) is 9.59 Å². The fourth-order valence-electron chi connectivity index (χ4n) is 2.67. The highest BCUT2D eigenvalue weighted by molar-refractivity contribution is 7.08. The number of nitrogens with one attached hydrogen (secondary N) is 1. The van der Waals surface area contributed by atoms with Gasteiger partial charge in [0.1, 0.15) is 0 Å². The number of thiophene rings is 1. The Morgan fingerprint density at radius 1 is 1.32 bits per heavy atom. The van der Waals surface area contributed by atoms with Gasteiger partial charge in [-0.3, -0.25) is 14.5 Å². The van der Waals surface area contributed by atoms with Crippen LogP contribution in [0.15, 0.2) is 21.3 Å². The average Bonchev–Trinajstić information content (AvgIpc) is 3.31. The van der Waals surface area contributed by atoms with Crippen molar-refractivity contribution in [2.75, 3.05) is 39.8 Å². The first-order valence-electron chi connectivity index (χ1n) is 8.21. The number of carbonyl (C=O) groups is 2. The minimum atomic E-state index is -0.00223. The Bertz CT molecular complexity index is 707. The molecular formula is C16H21N5O3S. The quantitative estimate of drug-likeness (QED) is 0.809. The van der Waals surface area contributed by atoms with Gasteiger partial charge in [0, 0.05) is 57.0 Å². The Hall–Kier alpha value is -2.26. The van der Waals surface area contributed by atoms with E-state index in [2.05, 4.69) is 15.5 Å². The maximum atomic E-state index is 12.3. The lowest BCUT2D eigenvalue weighted by atomic mass is 10.2. The van der Waals surface area contributed by atoms with Gasteiger partial charge in [-0.15, -0.1) is 0 Å². The van der Waals surface area contributed by atoms with Gasteiger partial charge >= 0.3 is 0 Å². The largest absolute Gasteiger partial charge is 0.358 e. The predicted octanol–water partition coefficient (Wildman–Crippen LogP) is 0.621. The second kappa shape index (κ2) is 8.21. The van der Waals surface area contributed by atoms with Crippen molar-refractivity contribution >= 4 is 23.2 Å². The Morgan fingerprint density at radius 3 is 2.80 bits per heavy atom. The molecule has 0 atom stereocenters. The van der Waals surface area contributed by atoms with E-state index in [0.717, 1.165) is 5.56 Å².